The second-order valence-corrected chi connectivity index (χ2v) is 11.3. The number of ether oxygens (including phenoxy) is 4. The van der Waals surface area contributed by atoms with E-state index in [-0.39, 0.29) is 35.3 Å². The number of imidazole rings is 1. The maximum atomic E-state index is 12.1. The first-order valence-electron chi connectivity index (χ1n) is 14.1. The Morgan fingerprint density at radius 1 is 0.978 bits per heavy atom. The molecule has 1 saturated heterocycles. The molecule has 1 aliphatic rings. The minimum Gasteiger partial charge on any atom is -0.463 e. The summed E-state index contributed by atoms with van der Waals surface area (Å²) in [5.74, 6) is -2.06. The third-order valence-electron chi connectivity index (χ3n) is 7.11. The molecule has 1 fully saturated rings. The number of carbonyl (C=O) groups excluding carboxylic acids is 3. The van der Waals surface area contributed by atoms with Crippen LogP contribution in [0, 0.1) is 11.3 Å². The first-order chi connectivity index (χ1) is 22.0. The summed E-state index contributed by atoms with van der Waals surface area (Å²) in [5.41, 5.74) is 2.29. The van der Waals surface area contributed by atoms with Crippen LogP contribution < -0.4 is 5.32 Å². The van der Waals surface area contributed by atoms with Gasteiger partial charge in [-0.3, -0.25) is 19.0 Å². The highest BCUT2D eigenvalue weighted by atomic mass is 35.5. The third-order valence-corrected chi connectivity index (χ3v) is 7.58. The highest BCUT2D eigenvalue weighted by molar-refractivity contribution is 6.31. The average Bonchev–Trinajstić information content (AvgIpc) is 3.56. The number of carbonyl (C=O) groups is 3. The van der Waals surface area contributed by atoms with Crippen LogP contribution in [-0.2, 0) is 33.3 Å². The van der Waals surface area contributed by atoms with Crippen LogP contribution in [0.4, 0.5) is 5.82 Å². The summed E-state index contributed by atoms with van der Waals surface area (Å²) in [5, 5.41) is 14.3. The molecule has 1 aliphatic heterocycles. The smallest absolute Gasteiger partial charge is 0.303 e. The van der Waals surface area contributed by atoms with E-state index < -0.39 is 42.4 Å². The predicted molar refractivity (Wildman–Crippen MR) is 165 cm³/mol. The maximum Gasteiger partial charge on any atom is 0.303 e. The van der Waals surface area contributed by atoms with Crippen LogP contribution in [0.5, 0.6) is 0 Å². The van der Waals surface area contributed by atoms with E-state index in [2.05, 4.69) is 20.3 Å². The van der Waals surface area contributed by atoms with Crippen LogP contribution in [0.15, 0.2) is 54.9 Å². The van der Waals surface area contributed by atoms with Gasteiger partial charge < -0.3 is 24.3 Å². The van der Waals surface area contributed by atoms with E-state index in [1.165, 1.54) is 31.7 Å². The average molecular weight is 668 g/mol. The normalized spacial score (nSPS) is 19.1. The molecule has 5 rings (SSSR count). The zero-order valence-electron chi connectivity index (χ0n) is 24.8. The zero-order chi connectivity index (χ0) is 33.0. The zero-order valence-corrected chi connectivity index (χ0v) is 26.4. The Kier molecular flexibility index (Phi) is 10.0. The molecule has 3 heterocycles. The summed E-state index contributed by atoms with van der Waals surface area (Å²) in [7, 11) is 0. The lowest BCUT2D eigenvalue weighted by molar-refractivity contribution is -0.166. The van der Waals surface area contributed by atoms with Crippen molar-refractivity contribution < 1.29 is 33.3 Å². The van der Waals surface area contributed by atoms with Crippen LogP contribution in [0.3, 0.4) is 0 Å². The fraction of sp³-hybridized carbons (Fsp3) is 0.323. The highest BCUT2D eigenvalue weighted by Gasteiger charge is 2.51. The van der Waals surface area contributed by atoms with Crippen molar-refractivity contribution in [1.82, 2.24) is 19.5 Å². The topological polar surface area (TPSA) is 168 Å². The van der Waals surface area contributed by atoms with Crippen LogP contribution in [0.2, 0.25) is 10.0 Å². The lowest BCUT2D eigenvalue weighted by Gasteiger charge is -2.23. The number of nitrogens with zero attached hydrogens (tertiary/aromatic N) is 5. The minimum absolute atomic E-state index is 0.172. The molecule has 2 aromatic carbocycles. The van der Waals surface area contributed by atoms with E-state index in [0.717, 1.165) is 11.1 Å². The Balaban J connectivity index is 1.53. The number of nitrogens with one attached hydrogen (secondary N) is 1. The van der Waals surface area contributed by atoms with Crippen molar-refractivity contribution in [3.63, 3.8) is 0 Å². The van der Waals surface area contributed by atoms with Gasteiger partial charge in [-0.2, -0.15) is 15.2 Å². The van der Waals surface area contributed by atoms with Crippen LogP contribution in [0.1, 0.15) is 49.9 Å². The van der Waals surface area contributed by atoms with E-state index in [1.54, 1.807) is 12.1 Å². The standard InChI is InChI=1S/C31H28Cl2N6O7/c1-16(40)43-14-24-27(44-17(2)41)28(45-18(3)42)31(46-24)39-15-36-26-29(37-25(12-34)38-30(26)39)35-13-23(19-6-4-8-21(32)10-19)20-7-5-9-22(33)11-20/h4-11,15,23-24,27-28,31H,13-14H2,1-3H3,(H,35,37,38). The van der Waals surface area contributed by atoms with E-state index in [4.69, 9.17) is 42.1 Å². The molecule has 0 bridgehead atoms. The van der Waals surface area contributed by atoms with E-state index in [0.29, 0.717) is 16.6 Å². The van der Waals surface area contributed by atoms with Crippen molar-refractivity contribution in [3.05, 3.63) is 81.9 Å². The minimum atomic E-state index is -1.17. The second-order valence-electron chi connectivity index (χ2n) is 10.4. The Labute approximate surface area is 273 Å². The van der Waals surface area contributed by atoms with Crippen molar-refractivity contribution in [1.29, 1.82) is 5.26 Å². The lowest BCUT2D eigenvalue weighted by Crippen LogP contribution is -2.40. The molecule has 46 heavy (non-hydrogen) atoms. The number of halogens is 2. The monoisotopic (exact) mass is 666 g/mol. The molecule has 0 spiro atoms. The number of esters is 3. The quantitative estimate of drug-likeness (QED) is 0.185. The third kappa shape index (κ3) is 7.37. The Bertz CT molecular complexity index is 1780. The number of aromatic nitrogens is 4. The molecule has 13 nitrogen and oxygen atoms in total. The summed E-state index contributed by atoms with van der Waals surface area (Å²) in [6, 6.07) is 16.8. The van der Waals surface area contributed by atoms with Crippen molar-refractivity contribution in [2.75, 3.05) is 18.5 Å². The molecule has 1 N–H and O–H groups in total. The van der Waals surface area contributed by atoms with Gasteiger partial charge in [0.2, 0.25) is 5.82 Å². The van der Waals surface area contributed by atoms with Crippen molar-refractivity contribution in [2.45, 2.75) is 51.2 Å². The van der Waals surface area contributed by atoms with Gasteiger partial charge in [-0.15, -0.1) is 0 Å². The van der Waals surface area contributed by atoms with Crippen LogP contribution >= 0.6 is 23.2 Å². The molecule has 0 saturated carbocycles. The van der Waals surface area contributed by atoms with Crippen molar-refractivity contribution in [2.24, 2.45) is 0 Å². The molecule has 4 atom stereocenters. The highest BCUT2D eigenvalue weighted by Crippen LogP contribution is 2.37. The van der Waals surface area contributed by atoms with E-state index in [9.17, 15) is 19.6 Å². The van der Waals surface area contributed by atoms with Crippen LogP contribution in [0.25, 0.3) is 11.2 Å². The molecule has 4 aromatic rings. The molecule has 0 amide bonds. The summed E-state index contributed by atoms with van der Waals surface area (Å²) in [6.07, 6.45) is -3.04. The SMILES string of the molecule is CC(=O)OCC1OC(n2cnc3c(NCC(c4cccc(Cl)c4)c4cccc(Cl)c4)nc(C#N)nc32)C(OC(C)=O)C1OC(C)=O. The second kappa shape index (κ2) is 14.1. The summed E-state index contributed by atoms with van der Waals surface area (Å²) < 4.78 is 23.7. The molecule has 15 heteroatoms. The van der Waals surface area contributed by atoms with Gasteiger partial charge in [-0.05, 0) is 35.4 Å². The molecule has 238 valence electrons. The fourth-order valence-electron chi connectivity index (χ4n) is 5.27. The number of hydrogen-bond acceptors (Lipinski definition) is 12. The first-order valence-corrected chi connectivity index (χ1v) is 14.8. The van der Waals surface area contributed by atoms with Gasteiger partial charge in [0, 0.05) is 43.3 Å². The summed E-state index contributed by atoms with van der Waals surface area (Å²) in [6.45, 7) is 3.63. The van der Waals surface area contributed by atoms with E-state index >= 15 is 0 Å². The first kappa shape index (κ1) is 32.6. The molecular formula is C31H28Cl2N6O7. The van der Waals surface area contributed by atoms with Gasteiger partial charge >= 0.3 is 17.9 Å². The van der Waals surface area contributed by atoms with Gasteiger partial charge in [0.05, 0.1) is 6.33 Å². The number of anilines is 1. The van der Waals surface area contributed by atoms with Gasteiger partial charge in [-0.25, -0.2) is 4.98 Å². The number of rotatable bonds is 10. The molecular weight excluding hydrogens is 639 g/mol. The molecule has 2 aromatic heterocycles. The Hall–Kier alpha value is -4.77. The van der Waals surface area contributed by atoms with Crippen LogP contribution in [-0.4, -0.2) is 68.9 Å². The summed E-state index contributed by atoms with van der Waals surface area (Å²) in [4.78, 5) is 48.9. The fourth-order valence-corrected chi connectivity index (χ4v) is 5.66. The Morgan fingerprint density at radius 2 is 1.61 bits per heavy atom. The number of benzene rings is 2. The number of fused-ring (bicyclic) bond motifs is 1. The largest absolute Gasteiger partial charge is 0.463 e. The van der Waals surface area contributed by atoms with Crippen molar-refractivity contribution >= 4 is 58.1 Å². The molecule has 4 unspecified atom stereocenters. The van der Waals surface area contributed by atoms with Crippen molar-refractivity contribution in [3.8, 4) is 6.07 Å². The Morgan fingerprint density at radius 3 is 2.17 bits per heavy atom. The molecule has 0 aliphatic carbocycles. The molecule has 0 radical (unpaired) electrons. The number of hydrogen-bond donors (Lipinski definition) is 1. The predicted octanol–water partition coefficient (Wildman–Crippen LogP) is 4.57. The van der Waals surface area contributed by atoms with Gasteiger partial charge in [0.1, 0.15) is 18.8 Å². The summed E-state index contributed by atoms with van der Waals surface area (Å²) >= 11 is 12.6. The van der Waals surface area contributed by atoms with E-state index in [1.807, 2.05) is 42.5 Å². The van der Waals surface area contributed by atoms with Gasteiger partial charge in [-0.1, -0.05) is 47.5 Å². The van der Waals surface area contributed by atoms with Gasteiger partial charge in [0.15, 0.2) is 35.4 Å². The van der Waals surface area contributed by atoms with Gasteiger partial charge in [0.25, 0.3) is 0 Å². The maximum absolute atomic E-state index is 12.1. The lowest BCUT2D eigenvalue weighted by atomic mass is 9.91. The number of nitriles is 1.